The molecule has 2 rings (SSSR count). The molecular formula is C17H27FN4O2. The summed E-state index contributed by atoms with van der Waals surface area (Å²) >= 11 is 0. The number of hydrogen-bond donors (Lipinski definition) is 2. The Kier molecular flexibility index (Phi) is 7.94. The predicted molar refractivity (Wildman–Crippen MR) is 92.8 cm³/mol. The number of morpholine rings is 1. The number of halogens is 1. The summed E-state index contributed by atoms with van der Waals surface area (Å²) in [6.07, 6.45) is 0. The molecule has 1 aliphatic rings. The Bertz CT molecular complexity index is 521. The van der Waals surface area contributed by atoms with E-state index in [9.17, 15) is 4.39 Å². The van der Waals surface area contributed by atoms with Gasteiger partial charge in [0.05, 0.1) is 25.9 Å². The van der Waals surface area contributed by atoms with Crippen LogP contribution < -0.4 is 10.6 Å². The molecule has 1 aromatic rings. The highest BCUT2D eigenvalue weighted by atomic mass is 19.1. The van der Waals surface area contributed by atoms with Crippen LogP contribution in [0.5, 0.6) is 0 Å². The maximum atomic E-state index is 13.7. The van der Waals surface area contributed by atoms with Crippen molar-refractivity contribution in [1.29, 1.82) is 0 Å². The Balaban J connectivity index is 2.02. The second kappa shape index (κ2) is 10.2. The minimum Gasteiger partial charge on any atom is -0.383 e. The number of rotatable bonds is 7. The van der Waals surface area contributed by atoms with Gasteiger partial charge in [0.1, 0.15) is 5.82 Å². The van der Waals surface area contributed by atoms with Crippen molar-refractivity contribution in [2.75, 3.05) is 60.2 Å². The van der Waals surface area contributed by atoms with Crippen LogP contribution in [0.3, 0.4) is 0 Å². The highest BCUT2D eigenvalue weighted by Gasteiger charge is 2.23. The van der Waals surface area contributed by atoms with Crippen LogP contribution in [0, 0.1) is 5.82 Å². The van der Waals surface area contributed by atoms with E-state index in [1.165, 1.54) is 6.07 Å². The van der Waals surface area contributed by atoms with E-state index in [2.05, 4.69) is 20.5 Å². The van der Waals surface area contributed by atoms with Gasteiger partial charge in [-0.15, -0.1) is 0 Å². The standard InChI is InChI=1S/C17H27FN4O2/c1-19-17(20-6-9-23-2)21-13-16(22-7-10-24-11-8-22)14-4-3-5-15(18)12-14/h3-5,12,16H,6-11,13H2,1-2H3,(H2,19,20,21). The van der Waals surface area contributed by atoms with Crippen molar-refractivity contribution in [3.8, 4) is 0 Å². The third-order valence-corrected chi connectivity index (χ3v) is 4.00. The van der Waals surface area contributed by atoms with Crippen LogP contribution in [0.1, 0.15) is 11.6 Å². The molecule has 1 heterocycles. The minimum absolute atomic E-state index is 0.0607. The van der Waals surface area contributed by atoms with Crippen LogP contribution in [-0.2, 0) is 9.47 Å². The number of nitrogens with zero attached hydrogens (tertiary/aromatic N) is 2. The number of benzene rings is 1. The topological polar surface area (TPSA) is 58.1 Å². The largest absolute Gasteiger partial charge is 0.383 e. The number of nitrogens with one attached hydrogen (secondary N) is 2. The molecule has 1 fully saturated rings. The van der Waals surface area contributed by atoms with Crippen molar-refractivity contribution in [1.82, 2.24) is 15.5 Å². The quantitative estimate of drug-likeness (QED) is 0.441. The summed E-state index contributed by atoms with van der Waals surface area (Å²) in [6, 6.07) is 6.85. The third-order valence-electron chi connectivity index (χ3n) is 4.00. The molecule has 1 saturated heterocycles. The van der Waals surface area contributed by atoms with Gasteiger partial charge in [0.25, 0.3) is 0 Å². The highest BCUT2D eigenvalue weighted by molar-refractivity contribution is 5.79. The molecule has 0 amide bonds. The molecule has 0 aliphatic carbocycles. The van der Waals surface area contributed by atoms with Crippen molar-refractivity contribution in [3.05, 3.63) is 35.6 Å². The first-order valence-electron chi connectivity index (χ1n) is 8.25. The van der Waals surface area contributed by atoms with E-state index in [1.54, 1.807) is 26.3 Å². The Hall–Kier alpha value is -1.70. The van der Waals surface area contributed by atoms with Crippen LogP contribution in [0.15, 0.2) is 29.3 Å². The first-order valence-corrected chi connectivity index (χ1v) is 8.25. The maximum absolute atomic E-state index is 13.7. The second-order valence-electron chi connectivity index (χ2n) is 5.59. The molecule has 1 unspecified atom stereocenters. The molecule has 134 valence electrons. The fraction of sp³-hybridized carbons (Fsp3) is 0.588. The first kappa shape index (κ1) is 18.6. The van der Waals surface area contributed by atoms with Gasteiger partial charge in [-0.25, -0.2) is 4.39 Å². The number of ether oxygens (including phenoxy) is 2. The molecule has 1 aromatic carbocycles. The molecule has 24 heavy (non-hydrogen) atoms. The van der Waals surface area contributed by atoms with E-state index in [0.717, 1.165) is 18.7 Å². The lowest BCUT2D eigenvalue weighted by Crippen LogP contribution is -2.46. The van der Waals surface area contributed by atoms with Gasteiger partial charge in [0, 0.05) is 40.3 Å². The van der Waals surface area contributed by atoms with Crippen LogP contribution >= 0.6 is 0 Å². The van der Waals surface area contributed by atoms with Crippen molar-refractivity contribution in [2.24, 2.45) is 4.99 Å². The van der Waals surface area contributed by atoms with Gasteiger partial charge in [0.15, 0.2) is 5.96 Å². The third kappa shape index (κ3) is 5.74. The zero-order chi connectivity index (χ0) is 17.2. The van der Waals surface area contributed by atoms with Gasteiger partial charge < -0.3 is 20.1 Å². The molecule has 0 radical (unpaired) electrons. The summed E-state index contributed by atoms with van der Waals surface area (Å²) in [5.74, 6) is 0.495. The molecule has 0 spiro atoms. The molecule has 7 heteroatoms. The van der Waals surface area contributed by atoms with Gasteiger partial charge in [0.2, 0.25) is 0 Å². The van der Waals surface area contributed by atoms with E-state index in [-0.39, 0.29) is 11.9 Å². The van der Waals surface area contributed by atoms with Crippen molar-refractivity contribution in [2.45, 2.75) is 6.04 Å². The fourth-order valence-corrected chi connectivity index (χ4v) is 2.75. The summed E-state index contributed by atoms with van der Waals surface area (Å²) in [5.41, 5.74) is 0.955. The lowest BCUT2D eigenvalue weighted by atomic mass is 10.0. The lowest BCUT2D eigenvalue weighted by molar-refractivity contribution is 0.0169. The Labute approximate surface area is 143 Å². The number of aliphatic imine (C=N–C) groups is 1. The van der Waals surface area contributed by atoms with Crippen molar-refractivity contribution >= 4 is 5.96 Å². The Morgan fingerprint density at radius 3 is 2.83 bits per heavy atom. The predicted octanol–water partition coefficient (Wildman–Crippen LogP) is 1.01. The molecule has 0 bridgehead atoms. The summed E-state index contributed by atoms with van der Waals surface area (Å²) in [7, 11) is 3.39. The van der Waals surface area contributed by atoms with Gasteiger partial charge in [-0.1, -0.05) is 12.1 Å². The summed E-state index contributed by atoms with van der Waals surface area (Å²) in [4.78, 5) is 6.52. The summed E-state index contributed by atoms with van der Waals surface area (Å²) in [5, 5.41) is 6.51. The van der Waals surface area contributed by atoms with Gasteiger partial charge in [-0.3, -0.25) is 9.89 Å². The fourth-order valence-electron chi connectivity index (χ4n) is 2.75. The van der Waals surface area contributed by atoms with E-state index >= 15 is 0 Å². The van der Waals surface area contributed by atoms with Crippen LogP contribution in [0.25, 0.3) is 0 Å². The zero-order valence-corrected chi connectivity index (χ0v) is 14.4. The Morgan fingerprint density at radius 2 is 2.17 bits per heavy atom. The molecule has 6 nitrogen and oxygen atoms in total. The average Bonchev–Trinajstić information content (AvgIpc) is 2.61. The molecule has 2 N–H and O–H groups in total. The molecular weight excluding hydrogens is 311 g/mol. The summed E-state index contributed by atoms with van der Waals surface area (Å²) in [6.45, 7) is 4.99. The molecule has 0 aromatic heterocycles. The van der Waals surface area contributed by atoms with Crippen LogP contribution in [-0.4, -0.2) is 71.0 Å². The summed E-state index contributed by atoms with van der Waals surface area (Å²) < 4.78 is 24.1. The van der Waals surface area contributed by atoms with Gasteiger partial charge in [-0.2, -0.15) is 0 Å². The van der Waals surface area contributed by atoms with Crippen molar-refractivity contribution < 1.29 is 13.9 Å². The SMILES string of the molecule is CN=C(NCCOC)NCC(c1cccc(F)c1)N1CCOCC1. The maximum Gasteiger partial charge on any atom is 0.191 e. The lowest BCUT2D eigenvalue weighted by Gasteiger charge is -2.35. The van der Waals surface area contributed by atoms with Gasteiger partial charge in [-0.05, 0) is 17.7 Å². The van der Waals surface area contributed by atoms with Crippen molar-refractivity contribution in [3.63, 3.8) is 0 Å². The number of methoxy groups -OCH3 is 1. The zero-order valence-electron chi connectivity index (χ0n) is 14.4. The number of guanidine groups is 1. The highest BCUT2D eigenvalue weighted by Crippen LogP contribution is 2.22. The van der Waals surface area contributed by atoms with E-state index < -0.39 is 0 Å². The van der Waals surface area contributed by atoms with Crippen LogP contribution in [0.2, 0.25) is 0 Å². The van der Waals surface area contributed by atoms with Crippen LogP contribution in [0.4, 0.5) is 4.39 Å². The monoisotopic (exact) mass is 338 g/mol. The van der Waals surface area contributed by atoms with E-state index in [1.807, 2.05) is 6.07 Å². The smallest absolute Gasteiger partial charge is 0.191 e. The Morgan fingerprint density at radius 1 is 1.38 bits per heavy atom. The van der Waals surface area contributed by atoms with Gasteiger partial charge >= 0.3 is 0 Å². The number of hydrogen-bond acceptors (Lipinski definition) is 4. The molecule has 0 saturated carbocycles. The first-order chi connectivity index (χ1) is 11.7. The minimum atomic E-state index is -0.214. The molecule has 1 aliphatic heterocycles. The average molecular weight is 338 g/mol. The molecule has 1 atom stereocenters. The van der Waals surface area contributed by atoms with E-state index in [0.29, 0.717) is 38.9 Å². The van der Waals surface area contributed by atoms with E-state index in [4.69, 9.17) is 9.47 Å². The second-order valence-corrected chi connectivity index (χ2v) is 5.59. The normalized spacial score (nSPS) is 17.5.